The zero-order chi connectivity index (χ0) is 18.9. The summed E-state index contributed by atoms with van der Waals surface area (Å²) in [6.07, 6.45) is 0.810. The molecule has 8 heteroatoms. The van der Waals surface area contributed by atoms with Crippen LogP contribution in [0.5, 0.6) is 5.88 Å². The highest BCUT2D eigenvalue weighted by Crippen LogP contribution is 2.47. The molecule has 3 rings (SSSR count). The maximum absolute atomic E-state index is 12.6. The monoisotopic (exact) mass is 362 g/mol. The molecule has 2 heterocycles. The standard InChI is InChI=1S/C18H26N4O4/c1-11(2)15-20-12(3)8-14(21-15)26-10-13-9-22(6-7-25-13)17(24)18(4-5-18)16(19)23/h8,11,13H,4-7,9-10H2,1-3H3,(H2,19,23). The number of carbonyl (C=O) groups is 2. The van der Waals surface area contributed by atoms with Gasteiger partial charge in [0.2, 0.25) is 17.7 Å². The Morgan fingerprint density at radius 2 is 2.15 bits per heavy atom. The Kier molecular flexibility index (Phi) is 5.13. The first kappa shape index (κ1) is 18.6. The van der Waals surface area contributed by atoms with Gasteiger partial charge in [0.1, 0.15) is 24.0 Å². The van der Waals surface area contributed by atoms with Gasteiger partial charge in [-0.2, -0.15) is 4.98 Å². The first-order valence-corrected chi connectivity index (χ1v) is 9.01. The topological polar surface area (TPSA) is 108 Å². The number of rotatable bonds is 6. The van der Waals surface area contributed by atoms with Crippen molar-refractivity contribution in [2.24, 2.45) is 11.1 Å². The Hall–Kier alpha value is -2.22. The molecule has 142 valence electrons. The van der Waals surface area contributed by atoms with Crippen molar-refractivity contribution in [3.63, 3.8) is 0 Å². The minimum absolute atomic E-state index is 0.182. The van der Waals surface area contributed by atoms with Crippen LogP contribution < -0.4 is 10.5 Å². The van der Waals surface area contributed by atoms with Crippen LogP contribution in [0.1, 0.15) is 44.1 Å². The van der Waals surface area contributed by atoms with Crippen molar-refractivity contribution in [2.75, 3.05) is 26.3 Å². The van der Waals surface area contributed by atoms with Crippen LogP contribution >= 0.6 is 0 Å². The van der Waals surface area contributed by atoms with Gasteiger partial charge in [0.25, 0.3) is 0 Å². The number of aryl methyl sites for hydroxylation is 1. The summed E-state index contributed by atoms with van der Waals surface area (Å²) in [5, 5.41) is 0. The summed E-state index contributed by atoms with van der Waals surface area (Å²) in [6.45, 7) is 7.49. The Bertz CT molecular complexity index is 702. The van der Waals surface area contributed by atoms with Crippen LogP contribution in [0.3, 0.4) is 0 Å². The molecule has 2 fully saturated rings. The summed E-state index contributed by atoms with van der Waals surface area (Å²) in [4.78, 5) is 34.7. The number of hydrogen-bond donors (Lipinski definition) is 1. The fourth-order valence-corrected chi connectivity index (χ4v) is 3.07. The number of nitrogens with zero attached hydrogens (tertiary/aromatic N) is 3. The third kappa shape index (κ3) is 3.80. The first-order chi connectivity index (χ1) is 12.3. The van der Waals surface area contributed by atoms with E-state index in [9.17, 15) is 9.59 Å². The molecular formula is C18H26N4O4. The van der Waals surface area contributed by atoms with E-state index in [1.54, 1.807) is 11.0 Å². The van der Waals surface area contributed by atoms with E-state index in [2.05, 4.69) is 9.97 Å². The molecule has 1 aliphatic carbocycles. The van der Waals surface area contributed by atoms with Crippen LogP contribution in [0.15, 0.2) is 6.07 Å². The zero-order valence-electron chi connectivity index (χ0n) is 15.5. The van der Waals surface area contributed by atoms with Gasteiger partial charge in [0.15, 0.2) is 0 Å². The van der Waals surface area contributed by atoms with Gasteiger partial charge in [-0.05, 0) is 19.8 Å². The Balaban J connectivity index is 1.59. The first-order valence-electron chi connectivity index (χ1n) is 9.01. The molecule has 1 aliphatic heterocycles. The van der Waals surface area contributed by atoms with Crippen LogP contribution in [0.2, 0.25) is 0 Å². The molecule has 0 spiro atoms. The van der Waals surface area contributed by atoms with Gasteiger partial charge in [0, 0.05) is 24.2 Å². The molecule has 1 saturated heterocycles. The molecule has 1 aromatic rings. The molecule has 2 aliphatic rings. The summed E-state index contributed by atoms with van der Waals surface area (Å²) >= 11 is 0. The van der Waals surface area contributed by atoms with Gasteiger partial charge >= 0.3 is 0 Å². The van der Waals surface area contributed by atoms with Crippen molar-refractivity contribution in [1.29, 1.82) is 0 Å². The van der Waals surface area contributed by atoms with E-state index < -0.39 is 11.3 Å². The molecular weight excluding hydrogens is 336 g/mol. The van der Waals surface area contributed by atoms with E-state index in [0.717, 1.165) is 11.5 Å². The minimum atomic E-state index is -0.987. The van der Waals surface area contributed by atoms with E-state index in [1.165, 1.54) is 0 Å². The van der Waals surface area contributed by atoms with Crippen molar-refractivity contribution >= 4 is 11.8 Å². The maximum Gasteiger partial charge on any atom is 0.238 e. The molecule has 1 aromatic heterocycles. The molecule has 0 aromatic carbocycles. The zero-order valence-corrected chi connectivity index (χ0v) is 15.5. The quantitative estimate of drug-likeness (QED) is 0.749. The largest absolute Gasteiger partial charge is 0.475 e. The summed E-state index contributed by atoms with van der Waals surface area (Å²) in [5.41, 5.74) is 5.26. The lowest BCUT2D eigenvalue weighted by atomic mass is 10.0. The summed E-state index contributed by atoms with van der Waals surface area (Å²) in [6, 6.07) is 1.78. The predicted molar refractivity (Wildman–Crippen MR) is 93.5 cm³/mol. The lowest BCUT2D eigenvalue weighted by molar-refractivity contribution is -0.149. The number of hydrogen-bond acceptors (Lipinski definition) is 6. The number of nitrogens with two attached hydrogens (primary N) is 1. The smallest absolute Gasteiger partial charge is 0.238 e. The van der Waals surface area contributed by atoms with Gasteiger partial charge in [-0.3, -0.25) is 9.59 Å². The van der Waals surface area contributed by atoms with Gasteiger partial charge in [-0.25, -0.2) is 4.98 Å². The van der Waals surface area contributed by atoms with Crippen LogP contribution in [0, 0.1) is 12.3 Å². The second-order valence-electron chi connectivity index (χ2n) is 7.36. The number of primary amides is 1. The Morgan fingerprint density at radius 3 is 2.77 bits per heavy atom. The number of ether oxygens (including phenoxy) is 2. The Labute approximate surface area is 153 Å². The van der Waals surface area contributed by atoms with Crippen LogP contribution in [-0.4, -0.2) is 59.1 Å². The van der Waals surface area contributed by atoms with E-state index in [4.69, 9.17) is 15.2 Å². The summed E-state index contributed by atoms with van der Waals surface area (Å²) < 4.78 is 11.5. The molecule has 8 nitrogen and oxygen atoms in total. The highest BCUT2D eigenvalue weighted by molar-refractivity contribution is 6.07. The molecule has 1 unspecified atom stereocenters. The number of amides is 2. The van der Waals surface area contributed by atoms with Gasteiger partial charge in [-0.15, -0.1) is 0 Å². The SMILES string of the molecule is Cc1cc(OCC2CN(C(=O)C3(C(N)=O)CC3)CCO2)nc(C(C)C)n1. The minimum Gasteiger partial charge on any atom is -0.475 e. The fraction of sp³-hybridized carbons (Fsp3) is 0.667. The highest BCUT2D eigenvalue weighted by Gasteiger charge is 2.57. The summed E-state index contributed by atoms with van der Waals surface area (Å²) in [7, 11) is 0. The maximum atomic E-state index is 12.6. The van der Waals surface area contributed by atoms with Crippen LogP contribution in [-0.2, 0) is 14.3 Å². The second kappa shape index (κ2) is 7.19. The van der Waals surface area contributed by atoms with Crippen LogP contribution in [0.25, 0.3) is 0 Å². The van der Waals surface area contributed by atoms with Crippen molar-refractivity contribution in [3.05, 3.63) is 17.6 Å². The highest BCUT2D eigenvalue weighted by atomic mass is 16.5. The normalized spacial score (nSPS) is 21.5. The Morgan fingerprint density at radius 1 is 1.42 bits per heavy atom. The predicted octanol–water partition coefficient (Wildman–Crippen LogP) is 0.780. The van der Waals surface area contributed by atoms with Gasteiger partial charge in [-0.1, -0.05) is 13.8 Å². The second-order valence-corrected chi connectivity index (χ2v) is 7.36. The summed E-state index contributed by atoms with van der Waals surface area (Å²) in [5.74, 6) is 0.736. The van der Waals surface area contributed by atoms with Crippen molar-refractivity contribution in [1.82, 2.24) is 14.9 Å². The van der Waals surface area contributed by atoms with Crippen molar-refractivity contribution in [2.45, 2.75) is 45.6 Å². The molecule has 1 atom stereocenters. The van der Waals surface area contributed by atoms with Crippen molar-refractivity contribution < 1.29 is 19.1 Å². The van der Waals surface area contributed by atoms with E-state index >= 15 is 0 Å². The fourth-order valence-electron chi connectivity index (χ4n) is 3.07. The van der Waals surface area contributed by atoms with E-state index in [1.807, 2.05) is 20.8 Å². The molecule has 0 radical (unpaired) electrons. The average molecular weight is 362 g/mol. The number of aromatic nitrogens is 2. The number of carbonyl (C=O) groups excluding carboxylic acids is 2. The molecule has 26 heavy (non-hydrogen) atoms. The molecule has 2 amide bonds. The molecule has 1 saturated carbocycles. The number of morpholine rings is 1. The van der Waals surface area contributed by atoms with Crippen molar-refractivity contribution in [3.8, 4) is 5.88 Å². The lowest BCUT2D eigenvalue weighted by Crippen LogP contribution is -2.52. The van der Waals surface area contributed by atoms with E-state index in [0.29, 0.717) is 38.4 Å². The third-order valence-corrected chi connectivity index (χ3v) is 4.84. The van der Waals surface area contributed by atoms with Gasteiger partial charge in [0.05, 0.1) is 13.2 Å². The van der Waals surface area contributed by atoms with Gasteiger partial charge < -0.3 is 20.1 Å². The average Bonchev–Trinajstić information content (AvgIpc) is 3.41. The van der Waals surface area contributed by atoms with Crippen LogP contribution in [0.4, 0.5) is 0 Å². The van der Waals surface area contributed by atoms with E-state index in [-0.39, 0.29) is 24.5 Å². The third-order valence-electron chi connectivity index (χ3n) is 4.84. The lowest BCUT2D eigenvalue weighted by Gasteiger charge is -2.34. The molecule has 0 bridgehead atoms. The molecule has 2 N–H and O–H groups in total.